The first-order valence-electron chi connectivity index (χ1n) is 17.0. The number of nitrogens with one attached hydrogen (secondary N) is 1. The largest absolute Gasteiger partial charge is 0.478 e. The van der Waals surface area contributed by atoms with Gasteiger partial charge in [0.25, 0.3) is 0 Å². The van der Waals surface area contributed by atoms with Crippen molar-refractivity contribution in [1.82, 2.24) is 39.7 Å². The van der Waals surface area contributed by atoms with Gasteiger partial charge in [-0.15, -0.1) is 10.2 Å². The third-order valence-electron chi connectivity index (χ3n) is 8.17. The number of carboxylic acids is 1. The molecule has 55 heavy (non-hydrogen) atoms. The number of piperidine rings is 2. The molecule has 0 unspecified atom stereocenters. The summed E-state index contributed by atoms with van der Waals surface area (Å²) in [6, 6.07) is 7.15. The van der Waals surface area contributed by atoms with Gasteiger partial charge >= 0.3 is 18.3 Å². The fourth-order valence-electron chi connectivity index (χ4n) is 5.39. The number of hydrogen-bond acceptors (Lipinski definition) is 9. The van der Waals surface area contributed by atoms with Crippen LogP contribution in [0.4, 0.5) is 26.3 Å². The predicted molar refractivity (Wildman–Crippen MR) is 189 cm³/mol. The minimum Gasteiger partial charge on any atom is -0.478 e. The highest BCUT2D eigenvalue weighted by molar-refractivity contribution is 5.90. The van der Waals surface area contributed by atoms with Crippen LogP contribution in [0.3, 0.4) is 0 Å². The number of aliphatic carboxylic acids is 1. The van der Waals surface area contributed by atoms with Gasteiger partial charge in [-0.05, 0) is 100 Å². The minimum absolute atomic E-state index is 0.0266. The molecule has 2 aliphatic rings. The zero-order valence-electron chi connectivity index (χ0n) is 29.8. The number of aromatic nitrogens is 6. The molecule has 2 saturated heterocycles. The molecule has 13 nitrogen and oxygen atoms in total. The van der Waals surface area contributed by atoms with Crippen LogP contribution in [0.1, 0.15) is 47.9 Å². The molecule has 2 aromatic heterocycles. The summed E-state index contributed by atoms with van der Waals surface area (Å²) >= 11 is 0. The number of hydrogen-bond donors (Lipinski definition) is 4. The van der Waals surface area contributed by atoms with Gasteiger partial charge in [-0.3, -0.25) is 4.79 Å². The van der Waals surface area contributed by atoms with Crippen molar-refractivity contribution in [2.75, 3.05) is 26.2 Å². The van der Waals surface area contributed by atoms with E-state index < -0.39 is 29.4 Å². The standard InChI is InChI=1S/C18H19F3N4O2.C13H10F3N3O2.C5H11NO/c1-12-8-13(10-14(9-12)18(19,20)21)17-22-11-25(23-17)7-4-16(27)24-5-2-15(26)3-6-24;1-8-4-9(6-10(5-8)13(14,15)16)12-17-7-19(18-12)3-2-11(20)21;7-5-1-3-6-4-2-5/h4,7-11,15,26H,2-3,5-6H2,1H3;2-7H,1H3,(H,20,21);5-7H,1-4H2/b7-4-;3-2-;. The third kappa shape index (κ3) is 13.4. The number of aryl methyl sites for hydroxylation is 2. The van der Waals surface area contributed by atoms with E-state index in [4.69, 9.17) is 10.2 Å². The maximum atomic E-state index is 13.0. The number of halogens is 6. The van der Waals surface area contributed by atoms with Gasteiger partial charge in [0.15, 0.2) is 11.6 Å². The summed E-state index contributed by atoms with van der Waals surface area (Å²) in [7, 11) is 0. The molecule has 0 radical (unpaired) electrons. The van der Waals surface area contributed by atoms with Crippen molar-refractivity contribution in [3.05, 3.63) is 83.5 Å². The van der Waals surface area contributed by atoms with Gasteiger partial charge in [-0.2, -0.15) is 26.3 Å². The van der Waals surface area contributed by atoms with Crippen molar-refractivity contribution in [2.45, 2.75) is 64.1 Å². The number of carboxylic acid groups (broad SMARTS) is 1. The fraction of sp³-hybridized carbons (Fsp3) is 0.389. The van der Waals surface area contributed by atoms with Crippen LogP contribution in [0.2, 0.25) is 0 Å². The number of carbonyl (C=O) groups is 2. The molecule has 0 spiro atoms. The first-order chi connectivity index (χ1) is 25.9. The lowest BCUT2D eigenvalue weighted by molar-refractivity contribution is -0.138. The number of rotatable bonds is 6. The average molecular weight is 779 g/mol. The lowest BCUT2D eigenvalue weighted by Gasteiger charge is -2.28. The summed E-state index contributed by atoms with van der Waals surface area (Å²) in [4.78, 5) is 32.0. The molecule has 2 aliphatic heterocycles. The van der Waals surface area contributed by atoms with Crippen molar-refractivity contribution >= 4 is 24.3 Å². The molecule has 0 bridgehead atoms. The monoisotopic (exact) mass is 778 g/mol. The number of aliphatic hydroxyl groups excluding tert-OH is 2. The Kier molecular flexibility index (Phi) is 14.4. The summed E-state index contributed by atoms with van der Waals surface area (Å²) in [5.41, 5.74) is -0.191. The Balaban J connectivity index is 0.000000212. The number of likely N-dealkylation sites (tertiary alicyclic amines) is 1. The Morgan fingerprint density at radius 1 is 0.709 bits per heavy atom. The molecule has 4 heterocycles. The Morgan fingerprint density at radius 3 is 1.55 bits per heavy atom. The number of amides is 1. The molecule has 2 fully saturated rings. The molecule has 0 aliphatic carbocycles. The normalized spacial score (nSPS) is 15.8. The van der Waals surface area contributed by atoms with Crippen molar-refractivity contribution < 1.29 is 51.3 Å². The molecule has 0 saturated carbocycles. The Hall–Kier alpha value is -5.40. The van der Waals surface area contributed by atoms with E-state index in [1.54, 1.807) is 24.8 Å². The molecule has 19 heteroatoms. The first-order valence-corrected chi connectivity index (χ1v) is 17.0. The molecular formula is C36H40F6N8O5. The molecule has 2 aromatic carbocycles. The smallest absolute Gasteiger partial charge is 0.416 e. The zero-order valence-corrected chi connectivity index (χ0v) is 29.8. The van der Waals surface area contributed by atoms with E-state index in [9.17, 15) is 41.0 Å². The van der Waals surface area contributed by atoms with Gasteiger partial charge in [0.2, 0.25) is 5.91 Å². The van der Waals surface area contributed by atoms with Gasteiger partial charge in [0.05, 0.1) is 23.3 Å². The summed E-state index contributed by atoms with van der Waals surface area (Å²) in [5.74, 6) is -1.16. The second kappa shape index (κ2) is 18.8. The van der Waals surface area contributed by atoms with Gasteiger partial charge in [0, 0.05) is 48.8 Å². The lowest BCUT2D eigenvalue weighted by atomic mass is 10.1. The number of aliphatic hydroxyl groups is 2. The van der Waals surface area contributed by atoms with Gasteiger partial charge in [0.1, 0.15) is 12.7 Å². The van der Waals surface area contributed by atoms with Crippen LogP contribution < -0.4 is 5.32 Å². The SMILES string of the molecule is Cc1cc(-c2ncn(/C=C\C(=O)N3CCC(O)CC3)n2)cc(C(F)(F)F)c1.Cc1cc(-c2ncn(/C=C\C(=O)O)n2)cc(C(F)(F)F)c1.OC1CCNCC1. The zero-order chi connectivity index (χ0) is 40.3. The van der Waals surface area contributed by atoms with E-state index >= 15 is 0 Å². The van der Waals surface area contributed by atoms with Crippen molar-refractivity contribution in [2.24, 2.45) is 0 Å². The van der Waals surface area contributed by atoms with Gasteiger partial charge in [-0.25, -0.2) is 24.1 Å². The van der Waals surface area contributed by atoms with E-state index in [1.165, 1.54) is 35.7 Å². The van der Waals surface area contributed by atoms with E-state index in [1.807, 2.05) is 0 Å². The van der Waals surface area contributed by atoms with Crippen LogP contribution in [-0.4, -0.2) is 100 Å². The maximum absolute atomic E-state index is 13.0. The second-order valence-corrected chi connectivity index (χ2v) is 12.8. The molecule has 296 valence electrons. The van der Waals surface area contributed by atoms with Crippen LogP contribution in [-0.2, 0) is 21.9 Å². The van der Waals surface area contributed by atoms with E-state index in [2.05, 4.69) is 25.5 Å². The summed E-state index contributed by atoms with van der Waals surface area (Å²) < 4.78 is 79.6. The highest BCUT2D eigenvalue weighted by atomic mass is 19.4. The maximum Gasteiger partial charge on any atom is 0.416 e. The minimum atomic E-state index is -4.45. The van der Waals surface area contributed by atoms with Crippen LogP contribution in [0.25, 0.3) is 35.2 Å². The third-order valence-corrected chi connectivity index (χ3v) is 8.17. The van der Waals surface area contributed by atoms with Crippen LogP contribution in [0, 0.1) is 13.8 Å². The molecule has 4 N–H and O–H groups in total. The quantitative estimate of drug-likeness (QED) is 0.149. The lowest BCUT2D eigenvalue weighted by Crippen LogP contribution is -2.39. The predicted octanol–water partition coefficient (Wildman–Crippen LogP) is 5.28. The molecule has 4 aromatic rings. The molecule has 0 atom stereocenters. The summed E-state index contributed by atoms with van der Waals surface area (Å²) in [6.45, 7) is 6.05. The first kappa shape index (κ1) is 42.3. The fourth-order valence-corrected chi connectivity index (χ4v) is 5.39. The highest BCUT2D eigenvalue weighted by Gasteiger charge is 2.32. The number of alkyl halides is 6. The Bertz CT molecular complexity index is 1960. The van der Waals surface area contributed by atoms with E-state index in [0.29, 0.717) is 37.1 Å². The highest BCUT2D eigenvalue weighted by Crippen LogP contribution is 2.33. The van der Waals surface area contributed by atoms with Crippen molar-refractivity contribution in [3.8, 4) is 22.8 Å². The molecule has 6 rings (SSSR count). The number of carbonyl (C=O) groups excluding carboxylic acids is 1. The van der Waals surface area contributed by atoms with Crippen molar-refractivity contribution in [1.29, 1.82) is 0 Å². The topological polar surface area (TPSA) is 172 Å². The Morgan fingerprint density at radius 2 is 1.15 bits per heavy atom. The van der Waals surface area contributed by atoms with E-state index in [0.717, 1.165) is 67.2 Å². The van der Waals surface area contributed by atoms with Crippen LogP contribution in [0.15, 0.2) is 61.2 Å². The van der Waals surface area contributed by atoms with Crippen molar-refractivity contribution in [3.63, 3.8) is 0 Å². The average Bonchev–Trinajstić information content (AvgIpc) is 3.80. The summed E-state index contributed by atoms with van der Waals surface area (Å²) in [5, 5.41) is 38.0. The number of nitrogens with zero attached hydrogens (tertiary/aromatic N) is 7. The molecular weight excluding hydrogens is 738 g/mol. The van der Waals surface area contributed by atoms with Crippen LogP contribution >= 0.6 is 0 Å². The number of benzene rings is 2. The molecule has 1 amide bonds. The van der Waals surface area contributed by atoms with Crippen LogP contribution in [0.5, 0.6) is 0 Å². The summed E-state index contributed by atoms with van der Waals surface area (Å²) in [6.07, 6.45) is 0.910. The van der Waals surface area contributed by atoms with Gasteiger partial charge in [-0.1, -0.05) is 0 Å². The Labute approximate surface area is 311 Å². The van der Waals surface area contributed by atoms with E-state index in [-0.39, 0.29) is 40.9 Å². The van der Waals surface area contributed by atoms with Gasteiger partial charge < -0.3 is 25.5 Å². The second-order valence-electron chi connectivity index (χ2n) is 12.8.